The van der Waals surface area contributed by atoms with Crippen molar-refractivity contribution in [2.45, 2.75) is 19.9 Å². The second-order valence-corrected chi connectivity index (χ2v) is 6.79. The van der Waals surface area contributed by atoms with E-state index in [0.29, 0.717) is 24.3 Å². The van der Waals surface area contributed by atoms with Crippen molar-refractivity contribution in [2.24, 2.45) is 0 Å². The molecule has 0 saturated heterocycles. The summed E-state index contributed by atoms with van der Waals surface area (Å²) in [6.45, 7) is 4.84. The summed E-state index contributed by atoms with van der Waals surface area (Å²) in [6, 6.07) is 21.7. The van der Waals surface area contributed by atoms with Gasteiger partial charge in [-0.2, -0.15) is 0 Å². The fourth-order valence-electron chi connectivity index (χ4n) is 3.27. The van der Waals surface area contributed by atoms with Crippen molar-refractivity contribution in [1.82, 2.24) is 5.32 Å². The van der Waals surface area contributed by atoms with Crippen molar-refractivity contribution in [3.8, 4) is 0 Å². The minimum Gasteiger partial charge on any atom is -0.352 e. The van der Waals surface area contributed by atoms with Crippen LogP contribution in [0, 0.1) is 0 Å². The minimum atomic E-state index is -0.144. The smallest absolute Gasteiger partial charge is 0.279 e. The van der Waals surface area contributed by atoms with E-state index in [0.717, 1.165) is 0 Å². The monoisotopic (exact) mass is 376 g/mol. The summed E-state index contributed by atoms with van der Waals surface area (Å²) < 4.78 is 0. The van der Waals surface area contributed by atoms with Gasteiger partial charge >= 0.3 is 0 Å². The van der Waals surface area contributed by atoms with E-state index in [4.69, 9.17) is 0 Å². The Kier molecular flexibility index (Phi) is 6.40. The summed E-state index contributed by atoms with van der Waals surface area (Å²) in [5.74, 6) is -0.241. The zero-order valence-electron chi connectivity index (χ0n) is 16.2. The van der Waals surface area contributed by atoms with Crippen LogP contribution in [0.15, 0.2) is 66.7 Å². The molecule has 0 saturated carbocycles. The maximum absolute atomic E-state index is 12.4. The lowest BCUT2D eigenvalue weighted by molar-refractivity contribution is -0.682. The van der Waals surface area contributed by atoms with Gasteiger partial charge in [-0.05, 0) is 42.8 Å². The number of hydrogen-bond donors (Lipinski definition) is 3. The lowest BCUT2D eigenvalue weighted by Crippen LogP contribution is -2.86. The Labute approximate surface area is 165 Å². The summed E-state index contributed by atoms with van der Waals surface area (Å²) in [5, 5.41) is 10.1. The maximum atomic E-state index is 12.4. The van der Waals surface area contributed by atoms with Gasteiger partial charge in [-0.15, -0.1) is 0 Å². The molecule has 0 heterocycles. The number of carbonyl (C=O) groups is 2. The number of nitrogens with one attached hydrogen (secondary N) is 2. The number of anilines is 1. The fourth-order valence-corrected chi connectivity index (χ4v) is 3.27. The highest BCUT2D eigenvalue weighted by atomic mass is 16.2. The molecule has 0 aliphatic heterocycles. The van der Waals surface area contributed by atoms with Crippen LogP contribution in [0.2, 0.25) is 0 Å². The van der Waals surface area contributed by atoms with Crippen LogP contribution in [0.5, 0.6) is 0 Å². The summed E-state index contributed by atoms with van der Waals surface area (Å²) in [6.07, 6.45) is 0. The van der Waals surface area contributed by atoms with Crippen LogP contribution in [0.25, 0.3) is 10.8 Å². The summed E-state index contributed by atoms with van der Waals surface area (Å²) >= 11 is 0. The fraction of sp³-hybridized carbons (Fsp3) is 0.217. The van der Waals surface area contributed by atoms with Crippen molar-refractivity contribution >= 4 is 28.3 Å². The van der Waals surface area contributed by atoms with Crippen LogP contribution in [0.4, 0.5) is 5.69 Å². The molecule has 4 N–H and O–H groups in total. The normalized spacial score (nSPS) is 11.8. The Hall–Kier alpha value is -3.18. The van der Waals surface area contributed by atoms with Gasteiger partial charge in [0, 0.05) is 23.4 Å². The lowest BCUT2D eigenvalue weighted by atomic mass is 10.00. The average molecular weight is 376 g/mol. The molecule has 0 aliphatic rings. The number of hydrogen-bond acceptors (Lipinski definition) is 2. The Balaban J connectivity index is 1.61. The number of quaternary nitrogens is 1. The third-order valence-electron chi connectivity index (χ3n) is 4.72. The van der Waals surface area contributed by atoms with Crippen LogP contribution < -0.4 is 16.0 Å². The molecule has 0 spiro atoms. The van der Waals surface area contributed by atoms with E-state index in [1.165, 1.54) is 16.3 Å². The highest BCUT2D eigenvalue weighted by molar-refractivity contribution is 5.97. The third kappa shape index (κ3) is 4.75. The first-order valence-corrected chi connectivity index (χ1v) is 9.57. The molecule has 144 valence electrons. The molecule has 5 nitrogen and oxygen atoms in total. The molecular weight excluding hydrogens is 350 g/mol. The molecule has 0 radical (unpaired) electrons. The highest BCUT2D eigenvalue weighted by Crippen LogP contribution is 2.22. The van der Waals surface area contributed by atoms with Gasteiger partial charge < -0.3 is 16.0 Å². The first kappa shape index (κ1) is 19.6. The van der Waals surface area contributed by atoms with Crippen molar-refractivity contribution in [1.29, 1.82) is 0 Å². The van der Waals surface area contributed by atoms with Crippen molar-refractivity contribution in [3.05, 3.63) is 77.9 Å². The molecular formula is C23H26N3O2+. The summed E-state index contributed by atoms with van der Waals surface area (Å²) in [4.78, 5) is 24.3. The first-order valence-electron chi connectivity index (χ1n) is 9.57. The number of nitrogens with two attached hydrogens (primary N) is 1. The van der Waals surface area contributed by atoms with Gasteiger partial charge in [0.25, 0.3) is 11.8 Å². The van der Waals surface area contributed by atoms with Crippen LogP contribution in [-0.4, -0.2) is 24.9 Å². The molecule has 0 aliphatic carbocycles. The van der Waals surface area contributed by atoms with Crippen molar-refractivity contribution < 1.29 is 14.9 Å². The third-order valence-corrected chi connectivity index (χ3v) is 4.72. The van der Waals surface area contributed by atoms with Crippen molar-refractivity contribution in [3.63, 3.8) is 0 Å². The molecule has 0 aromatic heterocycles. The summed E-state index contributed by atoms with van der Waals surface area (Å²) in [5.41, 5.74) is 2.37. The predicted molar refractivity (Wildman–Crippen MR) is 112 cm³/mol. The van der Waals surface area contributed by atoms with Crippen LogP contribution in [0.1, 0.15) is 35.8 Å². The first-order chi connectivity index (χ1) is 13.6. The highest BCUT2D eigenvalue weighted by Gasteiger charge is 2.14. The molecule has 2 amide bonds. The predicted octanol–water partition coefficient (Wildman–Crippen LogP) is 2.85. The van der Waals surface area contributed by atoms with Gasteiger partial charge in [0.15, 0.2) is 6.54 Å². The van der Waals surface area contributed by atoms with Gasteiger partial charge in [0.1, 0.15) is 6.04 Å². The number of rotatable bonds is 7. The molecule has 28 heavy (non-hydrogen) atoms. The summed E-state index contributed by atoms with van der Waals surface area (Å²) in [7, 11) is 0. The van der Waals surface area contributed by atoms with E-state index >= 15 is 0 Å². The number of carbonyl (C=O) groups excluding carboxylic acids is 2. The topological polar surface area (TPSA) is 74.8 Å². The number of fused-ring (bicyclic) bond motifs is 1. The average Bonchev–Trinajstić information content (AvgIpc) is 2.72. The minimum absolute atomic E-state index is 0.0971. The van der Waals surface area contributed by atoms with Gasteiger partial charge in [-0.25, -0.2) is 0 Å². The van der Waals surface area contributed by atoms with Crippen molar-refractivity contribution in [2.75, 3.05) is 18.4 Å². The molecule has 0 fully saturated rings. The number of benzene rings is 3. The lowest BCUT2D eigenvalue weighted by Gasteiger charge is -2.14. The molecule has 0 unspecified atom stereocenters. The molecule has 3 rings (SSSR count). The Bertz CT molecular complexity index is 979. The second-order valence-electron chi connectivity index (χ2n) is 6.79. The van der Waals surface area contributed by atoms with Crippen LogP contribution in [0.3, 0.4) is 0 Å². The van der Waals surface area contributed by atoms with E-state index in [1.54, 1.807) is 24.3 Å². The van der Waals surface area contributed by atoms with E-state index in [2.05, 4.69) is 47.9 Å². The zero-order valence-corrected chi connectivity index (χ0v) is 16.2. The Morgan fingerprint density at radius 3 is 2.57 bits per heavy atom. The molecule has 0 bridgehead atoms. The largest absolute Gasteiger partial charge is 0.352 e. The Morgan fingerprint density at radius 1 is 1.00 bits per heavy atom. The van der Waals surface area contributed by atoms with E-state index < -0.39 is 0 Å². The molecule has 1 atom stereocenters. The van der Waals surface area contributed by atoms with Gasteiger partial charge in [0.2, 0.25) is 0 Å². The van der Waals surface area contributed by atoms with Gasteiger partial charge in [-0.3, -0.25) is 9.59 Å². The number of amides is 2. The quantitative estimate of drug-likeness (QED) is 0.593. The SMILES string of the molecule is CCNC(=O)c1cccc(NC(=O)C[NH2+][C@H](C)c2cccc3ccccc23)c1. The standard InChI is InChI=1S/C23H25N3O2/c1-3-24-23(28)18-10-6-11-19(14-18)26-22(27)15-25-16(2)20-13-7-9-17-8-4-5-12-21(17)20/h4-14,16,25H,3,15H2,1-2H3,(H,24,28)(H,26,27)/p+1/t16-/m1/s1. The van der Waals surface area contributed by atoms with Crippen LogP contribution >= 0.6 is 0 Å². The van der Waals surface area contributed by atoms with Crippen LogP contribution in [-0.2, 0) is 4.79 Å². The Morgan fingerprint density at radius 2 is 1.75 bits per heavy atom. The van der Waals surface area contributed by atoms with E-state index in [1.807, 2.05) is 24.4 Å². The maximum Gasteiger partial charge on any atom is 0.279 e. The zero-order chi connectivity index (χ0) is 19.9. The second kappa shape index (κ2) is 9.15. The van der Waals surface area contributed by atoms with Gasteiger partial charge in [0.05, 0.1) is 0 Å². The van der Waals surface area contributed by atoms with E-state index in [9.17, 15) is 9.59 Å². The van der Waals surface area contributed by atoms with Gasteiger partial charge in [-0.1, -0.05) is 48.5 Å². The van der Waals surface area contributed by atoms with E-state index in [-0.39, 0.29) is 17.9 Å². The molecule has 3 aromatic carbocycles. The molecule has 5 heteroatoms. The molecule has 3 aromatic rings.